The van der Waals surface area contributed by atoms with E-state index in [1.165, 1.54) is 29.3 Å². The number of nitrogens with zero attached hydrogens (tertiary/aromatic N) is 2. The van der Waals surface area contributed by atoms with Crippen LogP contribution in [0.25, 0.3) is 0 Å². The molecule has 7 heteroatoms. The number of aromatic nitrogens is 1. The number of alkyl halides is 3. The van der Waals surface area contributed by atoms with E-state index in [2.05, 4.69) is 4.98 Å². The van der Waals surface area contributed by atoms with Crippen LogP contribution in [0.1, 0.15) is 34.1 Å². The first-order valence-electron chi connectivity index (χ1n) is 7.43. The summed E-state index contributed by atoms with van der Waals surface area (Å²) in [7, 11) is 0. The van der Waals surface area contributed by atoms with Gasteiger partial charge < -0.3 is 10.0 Å². The van der Waals surface area contributed by atoms with Gasteiger partial charge >= 0.3 is 6.18 Å². The van der Waals surface area contributed by atoms with Crippen molar-refractivity contribution in [2.75, 3.05) is 6.54 Å². The number of halogens is 3. The summed E-state index contributed by atoms with van der Waals surface area (Å²) in [6.45, 7) is 0.0658. The molecule has 0 aliphatic carbocycles. The topological polar surface area (TPSA) is 53.4 Å². The Morgan fingerprint density at radius 1 is 1.21 bits per heavy atom. The zero-order valence-corrected chi connectivity index (χ0v) is 12.6. The lowest BCUT2D eigenvalue weighted by Gasteiger charge is -2.25. The van der Waals surface area contributed by atoms with Gasteiger partial charge in [-0.05, 0) is 36.2 Å². The predicted octanol–water partition coefficient (Wildman–Crippen LogP) is 3.05. The Morgan fingerprint density at radius 3 is 2.67 bits per heavy atom. The van der Waals surface area contributed by atoms with E-state index in [0.29, 0.717) is 5.56 Å². The first-order chi connectivity index (χ1) is 11.4. The van der Waals surface area contributed by atoms with E-state index in [4.69, 9.17) is 0 Å². The smallest absolute Gasteiger partial charge is 0.391 e. The molecule has 1 aliphatic rings. The molecule has 24 heavy (non-hydrogen) atoms. The standard InChI is InChI=1S/C17H15F3N2O2/c18-17(19,20)12-5-3-4-11(8-12)15-9-13(23)10-22(15)16(24)14-6-1-2-7-21-14/h1-8,13,15,23H,9-10H2. The average molecular weight is 336 g/mol. The van der Waals surface area contributed by atoms with E-state index < -0.39 is 29.8 Å². The molecule has 2 heterocycles. The second-order valence-corrected chi connectivity index (χ2v) is 5.70. The highest BCUT2D eigenvalue weighted by Gasteiger charge is 2.37. The molecule has 4 nitrogen and oxygen atoms in total. The maximum Gasteiger partial charge on any atom is 0.416 e. The SMILES string of the molecule is O=C(c1ccccn1)N1CC(O)CC1c1cccc(C(F)(F)F)c1. The highest BCUT2D eigenvalue weighted by Crippen LogP contribution is 2.36. The summed E-state index contributed by atoms with van der Waals surface area (Å²) in [6.07, 6.45) is -3.57. The fraction of sp³-hybridized carbons (Fsp3) is 0.294. The third kappa shape index (κ3) is 3.26. The number of carbonyl (C=O) groups is 1. The number of rotatable bonds is 2. The molecule has 1 aromatic carbocycles. The van der Waals surface area contributed by atoms with Crippen molar-refractivity contribution in [3.63, 3.8) is 0 Å². The Balaban J connectivity index is 1.93. The number of hydrogen-bond acceptors (Lipinski definition) is 3. The summed E-state index contributed by atoms with van der Waals surface area (Å²) in [5.74, 6) is -0.408. The van der Waals surface area contributed by atoms with Crippen LogP contribution in [0, 0.1) is 0 Å². The van der Waals surface area contributed by atoms with Gasteiger partial charge in [-0.3, -0.25) is 9.78 Å². The van der Waals surface area contributed by atoms with Crippen LogP contribution < -0.4 is 0 Å². The Labute approximate surface area is 136 Å². The summed E-state index contributed by atoms with van der Waals surface area (Å²) < 4.78 is 38.7. The minimum Gasteiger partial charge on any atom is -0.391 e. The fourth-order valence-corrected chi connectivity index (χ4v) is 2.91. The molecule has 0 radical (unpaired) electrons. The third-order valence-corrected chi connectivity index (χ3v) is 4.02. The van der Waals surface area contributed by atoms with Gasteiger partial charge in [0, 0.05) is 12.7 Å². The van der Waals surface area contributed by atoms with Gasteiger partial charge in [0.05, 0.1) is 17.7 Å². The van der Waals surface area contributed by atoms with Gasteiger partial charge in [-0.1, -0.05) is 18.2 Å². The van der Waals surface area contributed by atoms with Crippen molar-refractivity contribution in [1.29, 1.82) is 0 Å². The number of β-amino-alcohol motifs (C(OH)–C–C–N with tert-alkyl or cyclic N) is 1. The van der Waals surface area contributed by atoms with Crippen molar-refractivity contribution < 1.29 is 23.1 Å². The highest BCUT2D eigenvalue weighted by atomic mass is 19.4. The summed E-state index contributed by atoms with van der Waals surface area (Å²) in [6, 6.07) is 9.11. The number of carbonyl (C=O) groups excluding carboxylic acids is 1. The van der Waals surface area contributed by atoms with Crippen LogP contribution in [0.2, 0.25) is 0 Å². The quantitative estimate of drug-likeness (QED) is 0.917. The van der Waals surface area contributed by atoms with E-state index in [1.807, 2.05) is 0 Å². The first kappa shape index (κ1) is 16.4. The van der Waals surface area contributed by atoms with E-state index in [0.717, 1.165) is 12.1 Å². The van der Waals surface area contributed by atoms with Gasteiger partial charge in [0.1, 0.15) is 5.69 Å². The third-order valence-electron chi connectivity index (χ3n) is 4.02. The molecule has 1 saturated heterocycles. The minimum absolute atomic E-state index is 0.0658. The van der Waals surface area contributed by atoms with Crippen LogP contribution in [0.4, 0.5) is 13.2 Å². The van der Waals surface area contributed by atoms with Crippen molar-refractivity contribution in [3.05, 3.63) is 65.5 Å². The molecule has 0 saturated carbocycles. The lowest BCUT2D eigenvalue weighted by Crippen LogP contribution is -2.32. The predicted molar refractivity (Wildman–Crippen MR) is 80.1 cm³/mol. The van der Waals surface area contributed by atoms with Gasteiger partial charge in [0.25, 0.3) is 5.91 Å². The monoisotopic (exact) mass is 336 g/mol. The van der Waals surface area contributed by atoms with Crippen LogP contribution in [0.3, 0.4) is 0 Å². The second-order valence-electron chi connectivity index (χ2n) is 5.70. The zero-order chi connectivity index (χ0) is 17.3. The van der Waals surface area contributed by atoms with Crippen LogP contribution in [0.5, 0.6) is 0 Å². The van der Waals surface area contributed by atoms with E-state index >= 15 is 0 Å². The van der Waals surface area contributed by atoms with Gasteiger partial charge in [-0.25, -0.2) is 0 Å². The molecular weight excluding hydrogens is 321 g/mol. The van der Waals surface area contributed by atoms with E-state index in [1.54, 1.807) is 12.1 Å². The maximum absolute atomic E-state index is 12.9. The van der Waals surface area contributed by atoms with Gasteiger partial charge in [0.15, 0.2) is 0 Å². The summed E-state index contributed by atoms with van der Waals surface area (Å²) in [5, 5.41) is 9.92. The molecule has 1 aliphatic heterocycles. The second kappa shape index (κ2) is 6.24. The Morgan fingerprint density at radius 2 is 2.00 bits per heavy atom. The fourth-order valence-electron chi connectivity index (χ4n) is 2.91. The maximum atomic E-state index is 12.9. The molecule has 0 spiro atoms. The molecular formula is C17H15F3N2O2. The number of aliphatic hydroxyl groups is 1. The molecule has 126 valence electrons. The summed E-state index contributed by atoms with van der Waals surface area (Å²) >= 11 is 0. The Hall–Kier alpha value is -2.41. The zero-order valence-electron chi connectivity index (χ0n) is 12.6. The number of pyridine rings is 1. The van der Waals surface area contributed by atoms with Crippen LogP contribution in [0.15, 0.2) is 48.7 Å². The number of benzene rings is 1. The molecule has 3 rings (SSSR count). The van der Waals surface area contributed by atoms with Crippen LogP contribution >= 0.6 is 0 Å². The number of likely N-dealkylation sites (tertiary alicyclic amines) is 1. The average Bonchev–Trinajstić information content (AvgIpc) is 2.96. The molecule has 2 aromatic rings. The van der Waals surface area contributed by atoms with Crippen molar-refractivity contribution in [3.8, 4) is 0 Å². The Kier molecular flexibility index (Phi) is 4.28. The van der Waals surface area contributed by atoms with Gasteiger partial charge in [-0.15, -0.1) is 0 Å². The number of aliphatic hydroxyl groups excluding tert-OH is 1. The number of hydrogen-bond donors (Lipinski definition) is 1. The minimum atomic E-state index is -4.46. The lowest BCUT2D eigenvalue weighted by molar-refractivity contribution is -0.137. The molecule has 0 bridgehead atoms. The normalized spacial score (nSPS) is 21.1. The van der Waals surface area contributed by atoms with Crippen LogP contribution in [-0.2, 0) is 6.18 Å². The van der Waals surface area contributed by atoms with Gasteiger partial charge in [0.2, 0.25) is 0 Å². The molecule has 1 aromatic heterocycles. The molecule has 1 fully saturated rings. The molecule has 1 amide bonds. The Bertz CT molecular complexity index is 734. The molecule has 2 atom stereocenters. The first-order valence-corrected chi connectivity index (χ1v) is 7.43. The van der Waals surface area contributed by atoms with E-state index in [9.17, 15) is 23.1 Å². The summed E-state index contributed by atoms with van der Waals surface area (Å²) in [4.78, 5) is 17.9. The lowest BCUT2D eigenvalue weighted by atomic mass is 10.0. The number of amides is 1. The van der Waals surface area contributed by atoms with Crippen molar-refractivity contribution in [2.45, 2.75) is 24.7 Å². The highest BCUT2D eigenvalue weighted by molar-refractivity contribution is 5.92. The molecule has 1 N–H and O–H groups in total. The van der Waals surface area contributed by atoms with Crippen molar-refractivity contribution in [2.24, 2.45) is 0 Å². The largest absolute Gasteiger partial charge is 0.416 e. The summed E-state index contributed by atoms with van der Waals surface area (Å²) in [5.41, 5.74) is -0.221. The van der Waals surface area contributed by atoms with Crippen LogP contribution in [-0.4, -0.2) is 33.5 Å². The van der Waals surface area contributed by atoms with Crippen molar-refractivity contribution in [1.82, 2.24) is 9.88 Å². The van der Waals surface area contributed by atoms with Gasteiger partial charge in [-0.2, -0.15) is 13.2 Å². The molecule has 2 unspecified atom stereocenters. The van der Waals surface area contributed by atoms with E-state index in [-0.39, 0.29) is 18.7 Å². The van der Waals surface area contributed by atoms with Crippen molar-refractivity contribution >= 4 is 5.91 Å².